The van der Waals surface area contributed by atoms with E-state index in [1.165, 1.54) is 29.4 Å². The van der Waals surface area contributed by atoms with Crippen molar-refractivity contribution in [3.8, 4) is 0 Å². The third-order valence-electron chi connectivity index (χ3n) is 6.45. The van der Waals surface area contributed by atoms with E-state index in [4.69, 9.17) is 20.9 Å². The van der Waals surface area contributed by atoms with Gasteiger partial charge in [-0.3, -0.25) is 0 Å². The number of benzene rings is 1. The Morgan fingerprint density at radius 3 is 2.29 bits per heavy atom. The maximum absolute atomic E-state index is 12.7. The zero-order valence-electron chi connectivity index (χ0n) is 19.4. The number of allylic oxidation sites excluding steroid dienone is 6. The smallest absolute Gasteiger partial charge is 0.407 e. The highest BCUT2D eigenvalue weighted by atomic mass is 16.6. The number of hydrogen-bond acceptors (Lipinski definition) is 5. The minimum absolute atomic E-state index is 0.0229. The number of amides is 1. The first-order chi connectivity index (χ1) is 16.5. The minimum Gasteiger partial charge on any atom is -0.449 e. The quantitative estimate of drug-likeness (QED) is 0.265. The number of rotatable bonds is 8. The molecule has 0 aliphatic heterocycles. The van der Waals surface area contributed by atoms with Crippen LogP contribution in [0, 0.1) is 5.92 Å². The molecule has 0 spiro atoms. The van der Waals surface area contributed by atoms with Crippen LogP contribution < -0.4 is 16.8 Å². The van der Waals surface area contributed by atoms with Gasteiger partial charge < -0.3 is 31.4 Å². The van der Waals surface area contributed by atoms with Gasteiger partial charge in [-0.15, -0.1) is 0 Å². The average Bonchev–Trinajstić information content (AvgIpc) is 3.16. The second-order valence-corrected chi connectivity index (χ2v) is 8.69. The molecule has 0 saturated heterocycles. The summed E-state index contributed by atoms with van der Waals surface area (Å²) in [7, 11) is 1.39. The predicted octanol–water partition coefficient (Wildman–Crippen LogP) is 3.12. The van der Waals surface area contributed by atoms with Gasteiger partial charge in [0, 0.05) is 13.0 Å². The molecule has 2 atom stereocenters. The topological polar surface area (TPSA) is 132 Å². The highest BCUT2D eigenvalue weighted by Crippen LogP contribution is 2.46. The second-order valence-electron chi connectivity index (χ2n) is 8.69. The first kappa shape index (κ1) is 23.8. The number of guanidine groups is 1. The molecule has 0 fully saturated rings. The van der Waals surface area contributed by atoms with Crippen LogP contribution in [0.4, 0.5) is 10.5 Å². The molecule has 0 bridgehead atoms. The molecular weight excluding hydrogens is 432 g/mol. The largest absolute Gasteiger partial charge is 0.449 e. The lowest BCUT2D eigenvalue weighted by molar-refractivity contribution is -0.0957. The molecule has 34 heavy (non-hydrogen) atoms. The van der Waals surface area contributed by atoms with Crippen molar-refractivity contribution in [1.29, 1.82) is 0 Å². The van der Waals surface area contributed by atoms with Gasteiger partial charge in [-0.25, -0.2) is 9.79 Å². The van der Waals surface area contributed by atoms with Crippen molar-refractivity contribution in [2.24, 2.45) is 22.4 Å². The number of carbonyl (C=O) groups is 1. The van der Waals surface area contributed by atoms with E-state index in [0.29, 0.717) is 12.1 Å². The van der Waals surface area contributed by atoms with E-state index < -0.39 is 18.4 Å². The number of nitrogens with two attached hydrogens (primary N) is 2. The van der Waals surface area contributed by atoms with E-state index in [2.05, 4.69) is 34.6 Å². The summed E-state index contributed by atoms with van der Waals surface area (Å²) in [6.07, 6.45) is 11.5. The SMILES string of the molecule is COC(O)[C@H](Cc1ccc(N=C(N)N)cc1)NC(=O)OCC1C2=C(CCC=C2)C2=C1C=CCC2. The molecule has 1 aromatic rings. The zero-order chi connectivity index (χ0) is 24.1. The monoisotopic (exact) mass is 464 g/mol. The third kappa shape index (κ3) is 5.40. The van der Waals surface area contributed by atoms with Gasteiger partial charge >= 0.3 is 6.09 Å². The number of hydrogen-bond donors (Lipinski definition) is 4. The van der Waals surface area contributed by atoms with Crippen molar-refractivity contribution in [2.75, 3.05) is 13.7 Å². The molecule has 6 N–H and O–H groups in total. The Kier molecular flexibility index (Phi) is 7.49. The maximum Gasteiger partial charge on any atom is 0.407 e. The third-order valence-corrected chi connectivity index (χ3v) is 6.45. The molecule has 0 aromatic heterocycles. The fourth-order valence-corrected chi connectivity index (χ4v) is 4.87. The number of alkyl carbamates (subject to hydrolysis) is 1. The fraction of sp³-hybridized carbons (Fsp3) is 0.385. The first-order valence-electron chi connectivity index (χ1n) is 11.6. The molecule has 8 nitrogen and oxygen atoms in total. The van der Waals surface area contributed by atoms with E-state index in [0.717, 1.165) is 31.2 Å². The van der Waals surface area contributed by atoms with Gasteiger partial charge in [0.15, 0.2) is 12.2 Å². The summed E-state index contributed by atoms with van der Waals surface area (Å²) in [6, 6.07) is 6.49. The molecule has 0 saturated carbocycles. The number of nitrogens with one attached hydrogen (secondary N) is 1. The molecular formula is C26H32N4O4. The van der Waals surface area contributed by atoms with Crippen molar-refractivity contribution >= 4 is 17.7 Å². The molecule has 4 rings (SSSR count). The molecule has 0 heterocycles. The Morgan fingerprint density at radius 2 is 1.74 bits per heavy atom. The van der Waals surface area contributed by atoms with E-state index in [1.54, 1.807) is 12.1 Å². The molecule has 0 radical (unpaired) electrons. The number of fused-ring (bicyclic) bond motifs is 1. The summed E-state index contributed by atoms with van der Waals surface area (Å²) in [5.74, 6) is 0.0306. The number of aliphatic hydroxyl groups is 1. The van der Waals surface area contributed by atoms with Crippen LogP contribution in [-0.4, -0.2) is 43.2 Å². The van der Waals surface area contributed by atoms with Crippen LogP contribution in [0.1, 0.15) is 31.2 Å². The molecule has 3 aliphatic carbocycles. The summed E-state index contributed by atoms with van der Waals surface area (Å²) < 4.78 is 10.7. The number of nitrogens with zero attached hydrogens (tertiary/aromatic N) is 1. The van der Waals surface area contributed by atoms with E-state index in [9.17, 15) is 9.90 Å². The average molecular weight is 465 g/mol. The lowest BCUT2D eigenvalue weighted by atomic mass is 9.92. The fourth-order valence-electron chi connectivity index (χ4n) is 4.87. The van der Waals surface area contributed by atoms with Crippen molar-refractivity contribution in [2.45, 2.75) is 44.4 Å². The molecule has 8 heteroatoms. The summed E-state index contributed by atoms with van der Waals surface area (Å²) in [6.45, 7) is 0.251. The minimum atomic E-state index is -1.19. The van der Waals surface area contributed by atoms with Crippen molar-refractivity contribution < 1.29 is 19.4 Å². The molecule has 180 valence electrons. The first-order valence-corrected chi connectivity index (χ1v) is 11.6. The number of carbonyl (C=O) groups excluding carboxylic acids is 1. The summed E-state index contributed by atoms with van der Waals surface area (Å²) in [5, 5.41) is 13.1. The lowest BCUT2D eigenvalue weighted by Gasteiger charge is -2.24. The van der Waals surface area contributed by atoms with Crippen LogP contribution in [0.2, 0.25) is 0 Å². The van der Waals surface area contributed by atoms with Gasteiger partial charge in [0.25, 0.3) is 0 Å². The zero-order valence-corrected chi connectivity index (χ0v) is 19.4. The van der Waals surface area contributed by atoms with Crippen LogP contribution in [0.3, 0.4) is 0 Å². The van der Waals surface area contributed by atoms with Crippen molar-refractivity contribution in [3.05, 3.63) is 76.4 Å². The van der Waals surface area contributed by atoms with Crippen LogP contribution >= 0.6 is 0 Å². The Bertz CT molecular complexity index is 1030. The Hall–Kier alpha value is -3.36. The van der Waals surface area contributed by atoms with Crippen LogP contribution in [0.25, 0.3) is 0 Å². The lowest BCUT2D eigenvalue weighted by Crippen LogP contribution is -2.46. The Labute approximate surface area is 199 Å². The number of aliphatic hydroxyl groups excluding tert-OH is 1. The number of aliphatic imine (C=N–C) groups is 1. The number of ether oxygens (including phenoxy) is 2. The van der Waals surface area contributed by atoms with Gasteiger partial charge in [0.2, 0.25) is 0 Å². The molecule has 1 amide bonds. The van der Waals surface area contributed by atoms with Gasteiger partial charge in [-0.05, 0) is 72.1 Å². The molecule has 1 unspecified atom stereocenters. The van der Waals surface area contributed by atoms with Gasteiger partial charge in [-0.2, -0.15) is 0 Å². The van der Waals surface area contributed by atoms with Crippen LogP contribution in [0.5, 0.6) is 0 Å². The van der Waals surface area contributed by atoms with Crippen molar-refractivity contribution in [3.63, 3.8) is 0 Å². The standard InChI is InChI=1S/C26H32N4O4/c1-33-24(31)23(14-16-10-12-17(13-11-16)29-25(27)28)30-26(32)34-15-22-20-8-4-2-6-18(20)19-7-3-5-9-21(19)22/h4-5,8-13,22-24,31H,2-3,6-7,14-15H2,1H3,(H,30,32)(H4,27,28,29)/t23-,24?/m0/s1. The predicted molar refractivity (Wildman–Crippen MR) is 131 cm³/mol. The van der Waals surface area contributed by atoms with E-state index >= 15 is 0 Å². The number of methoxy groups -OCH3 is 1. The van der Waals surface area contributed by atoms with Crippen molar-refractivity contribution in [1.82, 2.24) is 5.32 Å². The Balaban J connectivity index is 1.39. The summed E-state index contributed by atoms with van der Waals surface area (Å²) in [5.41, 5.74) is 17.7. The molecule has 1 aromatic carbocycles. The van der Waals surface area contributed by atoms with Gasteiger partial charge in [0.05, 0.1) is 11.7 Å². The second kappa shape index (κ2) is 10.7. The van der Waals surface area contributed by atoms with Gasteiger partial charge in [-0.1, -0.05) is 36.4 Å². The highest BCUT2D eigenvalue weighted by molar-refractivity contribution is 5.79. The van der Waals surface area contributed by atoms with Crippen LogP contribution in [-0.2, 0) is 15.9 Å². The van der Waals surface area contributed by atoms with E-state index in [-0.39, 0.29) is 18.5 Å². The highest BCUT2D eigenvalue weighted by Gasteiger charge is 2.33. The van der Waals surface area contributed by atoms with E-state index in [1.807, 2.05) is 12.1 Å². The summed E-state index contributed by atoms with van der Waals surface area (Å²) >= 11 is 0. The van der Waals surface area contributed by atoms with Gasteiger partial charge in [0.1, 0.15) is 6.61 Å². The molecule has 3 aliphatic rings. The normalized spacial score (nSPS) is 18.9. The Morgan fingerprint density at radius 1 is 1.12 bits per heavy atom. The summed E-state index contributed by atoms with van der Waals surface area (Å²) in [4.78, 5) is 16.7. The maximum atomic E-state index is 12.7. The van der Waals surface area contributed by atoms with Crippen LogP contribution in [0.15, 0.2) is 75.9 Å².